The van der Waals surface area contributed by atoms with E-state index in [9.17, 15) is 9.90 Å². The fourth-order valence-electron chi connectivity index (χ4n) is 1.62. The molecule has 0 spiro atoms. The van der Waals surface area contributed by atoms with Gasteiger partial charge in [-0.25, -0.2) is 4.98 Å². The number of rotatable bonds is 4. The zero-order valence-electron chi connectivity index (χ0n) is 10.6. The largest absolute Gasteiger partial charge is 0.384 e. The number of hydrogen-bond acceptors (Lipinski definition) is 4. The number of hydrogen-bond donors (Lipinski definition) is 2. The fraction of sp³-hybridized carbons (Fsp3) is 0.231. The van der Waals surface area contributed by atoms with E-state index in [0.29, 0.717) is 5.56 Å². The number of carbonyl (C=O) groups excluding carboxylic acids is 1. The van der Waals surface area contributed by atoms with Crippen molar-refractivity contribution in [3.63, 3.8) is 0 Å². The molecule has 2 aromatic heterocycles. The molecule has 20 heavy (non-hydrogen) atoms. The zero-order chi connectivity index (χ0) is 14.8. The molecule has 0 aliphatic carbocycles. The molecule has 0 bridgehead atoms. The SMILES string of the molecule is CC(O)(CNC(=O)c1cc(Cl)nc(Cl)c1)c1ccsc1. The van der Waals surface area contributed by atoms with E-state index in [1.807, 2.05) is 16.8 Å². The van der Waals surface area contributed by atoms with Crippen LogP contribution in [0.4, 0.5) is 0 Å². The van der Waals surface area contributed by atoms with Crippen LogP contribution in [0.3, 0.4) is 0 Å². The van der Waals surface area contributed by atoms with Crippen LogP contribution in [0.25, 0.3) is 0 Å². The highest BCUT2D eigenvalue weighted by Crippen LogP contribution is 2.22. The van der Waals surface area contributed by atoms with Crippen molar-refractivity contribution < 1.29 is 9.90 Å². The van der Waals surface area contributed by atoms with E-state index >= 15 is 0 Å². The van der Waals surface area contributed by atoms with Crippen LogP contribution in [0.1, 0.15) is 22.8 Å². The average molecular weight is 331 g/mol. The van der Waals surface area contributed by atoms with Gasteiger partial charge in [0.25, 0.3) is 5.91 Å². The predicted octanol–water partition coefficient (Wildman–Crippen LogP) is 3.09. The molecule has 0 radical (unpaired) electrons. The number of pyridine rings is 1. The van der Waals surface area contributed by atoms with Gasteiger partial charge in [0.1, 0.15) is 15.9 Å². The topological polar surface area (TPSA) is 62.2 Å². The van der Waals surface area contributed by atoms with Crippen LogP contribution in [-0.2, 0) is 5.60 Å². The van der Waals surface area contributed by atoms with Gasteiger partial charge in [-0.2, -0.15) is 11.3 Å². The van der Waals surface area contributed by atoms with Gasteiger partial charge >= 0.3 is 0 Å². The van der Waals surface area contributed by atoms with Crippen molar-refractivity contribution in [3.8, 4) is 0 Å². The molecule has 1 unspecified atom stereocenters. The van der Waals surface area contributed by atoms with Crippen molar-refractivity contribution >= 4 is 40.4 Å². The molecule has 2 aromatic rings. The highest BCUT2D eigenvalue weighted by atomic mass is 35.5. The maximum Gasteiger partial charge on any atom is 0.251 e. The van der Waals surface area contributed by atoms with Gasteiger partial charge in [0.05, 0.1) is 6.54 Å². The molecule has 1 atom stereocenters. The zero-order valence-corrected chi connectivity index (χ0v) is 12.9. The summed E-state index contributed by atoms with van der Waals surface area (Å²) >= 11 is 13.0. The summed E-state index contributed by atoms with van der Waals surface area (Å²) in [4.78, 5) is 15.8. The molecule has 2 heterocycles. The van der Waals surface area contributed by atoms with Crippen molar-refractivity contribution in [1.82, 2.24) is 10.3 Å². The van der Waals surface area contributed by atoms with Gasteiger partial charge in [0.15, 0.2) is 0 Å². The average Bonchev–Trinajstić information content (AvgIpc) is 2.89. The van der Waals surface area contributed by atoms with E-state index in [0.717, 1.165) is 5.56 Å². The molecular weight excluding hydrogens is 319 g/mol. The van der Waals surface area contributed by atoms with E-state index in [4.69, 9.17) is 23.2 Å². The van der Waals surface area contributed by atoms with Crippen LogP contribution < -0.4 is 5.32 Å². The molecule has 7 heteroatoms. The molecule has 0 aliphatic heterocycles. The van der Waals surface area contributed by atoms with Crippen molar-refractivity contribution in [1.29, 1.82) is 0 Å². The first kappa shape index (κ1) is 15.3. The maximum absolute atomic E-state index is 12.0. The number of halogens is 2. The highest BCUT2D eigenvalue weighted by Gasteiger charge is 2.24. The summed E-state index contributed by atoms with van der Waals surface area (Å²) in [6.07, 6.45) is 0. The molecule has 2 rings (SSSR count). The molecular formula is C13H12Cl2N2O2S. The molecule has 106 valence electrons. The van der Waals surface area contributed by atoms with E-state index in [1.165, 1.54) is 23.5 Å². The monoisotopic (exact) mass is 330 g/mol. The number of aliphatic hydroxyl groups is 1. The van der Waals surface area contributed by atoms with Crippen molar-refractivity contribution in [2.45, 2.75) is 12.5 Å². The number of aromatic nitrogens is 1. The van der Waals surface area contributed by atoms with Crippen molar-refractivity contribution in [2.24, 2.45) is 0 Å². The first-order valence-corrected chi connectivity index (χ1v) is 7.45. The highest BCUT2D eigenvalue weighted by molar-refractivity contribution is 7.08. The molecule has 1 amide bonds. The second-order valence-electron chi connectivity index (χ2n) is 4.47. The standard InChI is InChI=1S/C13H12Cl2N2O2S/c1-13(19,9-2-3-20-6-9)7-16-12(18)8-4-10(14)17-11(15)5-8/h2-6,19H,7H2,1H3,(H,16,18). The Hall–Kier alpha value is -1.14. The molecule has 2 N–H and O–H groups in total. The smallest absolute Gasteiger partial charge is 0.251 e. The minimum absolute atomic E-state index is 0.0835. The van der Waals surface area contributed by atoms with E-state index in [2.05, 4.69) is 10.3 Å². The Balaban J connectivity index is 2.05. The van der Waals surface area contributed by atoms with Gasteiger partial charge < -0.3 is 10.4 Å². The Morgan fingerprint density at radius 3 is 2.65 bits per heavy atom. The van der Waals surface area contributed by atoms with Crippen molar-refractivity contribution in [3.05, 3.63) is 50.4 Å². The van der Waals surface area contributed by atoms with Gasteiger partial charge in [0.2, 0.25) is 0 Å². The summed E-state index contributed by atoms with van der Waals surface area (Å²) in [5.74, 6) is -0.369. The lowest BCUT2D eigenvalue weighted by Gasteiger charge is -2.22. The predicted molar refractivity (Wildman–Crippen MR) is 80.5 cm³/mol. The number of carbonyl (C=O) groups is 1. The quantitative estimate of drug-likeness (QED) is 0.847. The van der Waals surface area contributed by atoms with Gasteiger partial charge in [0, 0.05) is 5.56 Å². The Bertz CT molecular complexity index is 595. The van der Waals surface area contributed by atoms with Gasteiger partial charge in [-0.15, -0.1) is 0 Å². The summed E-state index contributed by atoms with van der Waals surface area (Å²) in [5, 5.41) is 17.0. The summed E-state index contributed by atoms with van der Waals surface area (Å²) < 4.78 is 0. The summed E-state index contributed by atoms with van der Waals surface area (Å²) in [6, 6.07) is 4.65. The number of thiophene rings is 1. The van der Waals surface area contributed by atoms with E-state index < -0.39 is 5.60 Å². The van der Waals surface area contributed by atoms with Crippen LogP contribution in [-0.4, -0.2) is 22.5 Å². The minimum atomic E-state index is -1.13. The van der Waals surface area contributed by atoms with E-state index in [1.54, 1.807) is 6.92 Å². The Labute approximate surface area is 130 Å². The summed E-state index contributed by atoms with van der Waals surface area (Å²) in [5.41, 5.74) is -0.0688. The van der Waals surface area contributed by atoms with Crippen LogP contribution in [0.5, 0.6) is 0 Å². The van der Waals surface area contributed by atoms with Gasteiger partial charge in [-0.05, 0) is 41.4 Å². The van der Waals surface area contributed by atoms with Gasteiger partial charge in [-0.1, -0.05) is 23.2 Å². The van der Waals surface area contributed by atoms with Crippen LogP contribution in [0, 0.1) is 0 Å². The molecule has 0 saturated carbocycles. The molecule has 4 nitrogen and oxygen atoms in total. The third-order valence-electron chi connectivity index (χ3n) is 2.76. The third kappa shape index (κ3) is 3.70. The van der Waals surface area contributed by atoms with Crippen LogP contribution in [0.15, 0.2) is 29.0 Å². The van der Waals surface area contributed by atoms with Crippen LogP contribution >= 0.6 is 34.5 Å². The Morgan fingerprint density at radius 1 is 1.45 bits per heavy atom. The maximum atomic E-state index is 12.0. The molecule has 0 aromatic carbocycles. The van der Waals surface area contributed by atoms with E-state index in [-0.39, 0.29) is 22.8 Å². The number of nitrogens with one attached hydrogen (secondary N) is 1. The lowest BCUT2D eigenvalue weighted by atomic mass is 9.99. The summed E-state index contributed by atoms with van der Waals surface area (Å²) in [7, 11) is 0. The fourth-order valence-corrected chi connectivity index (χ4v) is 2.87. The minimum Gasteiger partial charge on any atom is -0.384 e. The second kappa shape index (κ2) is 6.10. The van der Waals surface area contributed by atoms with Crippen molar-refractivity contribution in [2.75, 3.05) is 6.54 Å². The first-order valence-electron chi connectivity index (χ1n) is 5.75. The summed E-state index contributed by atoms with van der Waals surface area (Å²) in [6.45, 7) is 1.72. The third-order valence-corrected chi connectivity index (χ3v) is 3.83. The number of nitrogens with zero attached hydrogens (tertiary/aromatic N) is 1. The molecule has 0 fully saturated rings. The normalized spacial score (nSPS) is 13.8. The second-order valence-corrected chi connectivity index (χ2v) is 6.02. The number of amides is 1. The Kier molecular flexibility index (Phi) is 4.65. The molecule has 0 aliphatic rings. The van der Waals surface area contributed by atoms with Gasteiger partial charge in [-0.3, -0.25) is 4.79 Å². The van der Waals surface area contributed by atoms with Crippen LogP contribution in [0.2, 0.25) is 10.3 Å². The lowest BCUT2D eigenvalue weighted by Crippen LogP contribution is -2.38. The first-order chi connectivity index (χ1) is 9.38. The lowest BCUT2D eigenvalue weighted by molar-refractivity contribution is 0.0530. The molecule has 0 saturated heterocycles. The Morgan fingerprint density at radius 2 is 2.10 bits per heavy atom.